The number of hydrogen-bond acceptors (Lipinski definition) is 4. The summed E-state index contributed by atoms with van der Waals surface area (Å²) in [4.78, 5) is 5.50. The van der Waals surface area contributed by atoms with Crippen molar-refractivity contribution in [1.29, 1.82) is 0 Å². The molecule has 2 aromatic rings. The summed E-state index contributed by atoms with van der Waals surface area (Å²) >= 11 is 1.50. The van der Waals surface area contributed by atoms with Gasteiger partial charge in [0.1, 0.15) is 11.9 Å². The van der Waals surface area contributed by atoms with E-state index < -0.39 is 0 Å². The van der Waals surface area contributed by atoms with Gasteiger partial charge < -0.3 is 9.88 Å². The van der Waals surface area contributed by atoms with Gasteiger partial charge in [-0.05, 0) is 24.6 Å². The van der Waals surface area contributed by atoms with Gasteiger partial charge in [0.2, 0.25) is 0 Å². The van der Waals surface area contributed by atoms with Crippen LogP contribution < -0.4 is 5.32 Å². The molecular weight excluding hydrogens is 196 g/mol. The Morgan fingerprint density at radius 3 is 2.86 bits per heavy atom. The number of hydrogen-bond donors (Lipinski definition) is 1. The van der Waals surface area contributed by atoms with Crippen molar-refractivity contribution in [3.8, 4) is 0 Å². The molecule has 0 saturated carbocycles. The predicted octanol–water partition coefficient (Wildman–Crippen LogP) is 1.19. The van der Waals surface area contributed by atoms with Crippen molar-refractivity contribution in [3.05, 3.63) is 35.4 Å². The molecule has 0 aliphatic rings. The van der Waals surface area contributed by atoms with Crippen molar-refractivity contribution in [3.63, 3.8) is 0 Å². The second-order valence-electron chi connectivity index (χ2n) is 3.03. The number of aryl methyl sites for hydroxylation is 1. The molecular formula is C9H12N4S. The van der Waals surface area contributed by atoms with E-state index in [0.29, 0.717) is 0 Å². The highest BCUT2D eigenvalue weighted by molar-refractivity contribution is 7.05. The summed E-state index contributed by atoms with van der Waals surface area (Å²) in [5.41, 5.74) is 0. The second kappa shape index (κ2) is 3.89. The molecule has 0 saturated heterocycles. The number of nitrogens with zero attached hydrogens (tertiary/aromatic N) is 3. The quantitative estimate of drug-likeness (QED) is 0.823. The second-order valence-corrected chi connectivity index (χ2v) is 3.90. The molecule has 0 aliphatic heterocycles. The van der Waals surface area contributed by atoms with Crippen LogP contribution in [-0.4, -0.2) is 21.0 Å². The number of imidazole rings is 1. The molecule has 0 bridgehead atoms. The van der Waals surface area contributed by atoms with Crippen molar-refractivity contribution >= 4 is 11.5 Å². The molecule has 0 aliphatic carbocycles. The molecule has 0 fully saturated rings. The molecule has 1 atom stereocenters. The Hall–Kier alpha value is -1.20. The summed E-state index contributed by atoms with van der Waals surface area (Å²) in [6.45, 7) is 0. The van der Waals surface area contributed by atoms with Crippen LogP contribution in [0.25, 0.3) is 0 Å². The number of nitrogens with one attached hydrogen (secondary N) is 1. The Kier molecular flexibility index (Phi) is 2.60. The lowest BCUT2D eigenvalue weighted by atomic mass is 10.2. The molecule has 2 rings (SSSR count). The summed E-state index contributed by atoms with van der Waals surface area (Å²) in [5.74, 6) is 1.01. The Morgan fingerprint density at radius 1 is 1.50 bits per heavy atom. The summed E-state index contributed by atoms with van der Waals surface area (Å²) in [7, 11) is 3.92. The average molecular weight is 208 g/mol. The molecule has 2 heterocycles. The minimum atomic E-state index is 0.141. The third-order valence-electron chi connectivity index (χ3n) is 2.15. The highest BCUT2D eigenvalue weighted by Crippen LogP contribution is 2.22. The van der Waals surface area contributed by atoms with Crippen LogP contribution in [0.5, 0.6) is 0 Å². The SMILES string of the molecule is CNC(c1ccns1)c1nccn1C. The molecule has 74 valence electrons. The predicted molar refractivity (Wildman–Crippen MR) is 56.2 cm³/mol. The lowest BCUT2D eigenvalue weighted by Crippen LogP contribution is -2.20. The van der Waals surface area contributed by atoms with Gasteiger partial charge in [-0.2, -0.15) is 0 Å². The topological polar surface area (TPSA) is 42.7 Å². The number of rotatable bonds is 3. The van der Waals surface area contributed by atoms with Crippen molar-refractivity contribution in [2.24, 2.45) is 7.05 Å². The van der Waals surface area contributed by atoms with Gasteiger partial charge in [0.15, 0.2) is 0 Å². The zero-order chi connectivity index (χ0) is 9.97. The molecule has 0 amide bonds. The van der Waals surface area contributed by atoms with Crippen LogP contribution in [0.3, 0.4) is 0 Å². The van der Waals surface area contributed by atoms with E-state index in [-0.39, 0.29) is 6.04 Å². The Bertz CT molecular complexity index is 393. The Balaban J connectivity index is 2.36. The summed E-state index contributed by atoms with van der Waals surface area (Å²) in [6, 6.07) is 2.16. The van der Waals surface area contributed by atoms with Crippen molar-refractivity contribution < 1.29 is 0 Å². The summed E-state index contributed by atoms with van der Waals surface area (Å²) < 4.78 is 6.11. The van der Waals surface area contributed by atoms with E-state index in [1.807, 2.05) is 37.1 Å². The van der Waals surface area contributed by atoms with Crippen LogP contribution in [0.15, 0.2) is 24.7 Å². The van der Waals surface area contributed by atoms with E-state index in [1.54, 1.807) is 6.20 Å². The van der Waals surface area contributed by atoms with E-state index >= 15 is 0 Å². The lowest BCUT2D eigenvalue weighted by Gasteiger charge is -2.13. The highest BCUT2D eigenvalue weighted by atomic mass is 32.1. The van der Waals surface area contributed by atoms with Gasteiger partial charge in [0.05, 0.1) is 0 Å². The Morgan fingerprint density at radius 2 is 2.36 bits per heavy atom. The normalized spacial score (nSPS) is 13.0. The van der Waals surface area contributed by atoms with Crippen LogP contribution in [0, 0.1) is 0 Å². The molecule has 0 spiro atoms. The minimum absolute atomic E-state index is 0.141. The van der Waals surface area contributed by atoms with Crippen LogP contribution in [0.1, 0.15) is 16.7 Å². The molecule has 4 nitrogen and oxygen atoms in total. The van der Waals surface area contributed by atoms with Gasteiger partial charge >= 0.3 is 0 Å². The lowest BCUT2D eigenvalue weighted by molar-refractivity contribution is 0.626. The Labute approximate surface area is 86.8 Å². The molecule has 0 aromatic carbocycles. The molecule has 5 heteroatoms. The van der Waals surface area contributed by atoms with Gasteiger partial charge in [-0.15, -0.1) is 0 Å². The fraction of sp³-hybridized carbons (Fsp3) is 0.333. The van der Waals surface area contributed by atoms with Gasteiger partial charge in [0, 0.05) is 30.5 Å². The molecule has 2 aromatic heterocycles. The fourth-order valence-electron chi connectivity index (χ4n) is 1.43. The average Bonchev–Trinajstić information content (AvgIpc) is 2.80. The first-order valence-electron chi connectivity index (χ1n) is 4.38. The van der Waals surface area contributed by atoms with E-state index in [0.717, 1.165) is 5.82 Å². The summed E-state index contributed by atoms with van der Waals surface area (Å²) in [6.07, 6.45) is 5.56. The third kappa shape index (κ3) is 1.56. The van der Waals surface area contributed by atoms with Gasteiger partial charge in [-0.3, -0.25) is 0 Å². The maximum Gasteiger partial charge on any atom is 0.131 e. The first-order valence-corrected chi connectivity index (χ1v) is 5.15. The van der Waals surface area contributed by atoms with Crippen LogP contribution in [0.4, 0.5) is 0 Å². The third-order valence-corrected chi connectivity index (χ3v) is 2.96. The first kappa shape index (κ1) is 9.36. The maximum absolute atomic E-state index is 4.32. The molecule has 1 unspecified atom stereocenters. The van der Waals surface area contributed by atoms with E-state index in [9.17, 15) is 0 Å². The molecule has 0 radical (unpaired) electrons. The van der Waals surface area contributed by atoms with Gasteiger partial charge in [-0.25, -0.2) is 9.36 Å². The summed E-state index contributed by atoms with van der Waals surface area (Å²) in [5, 5.41) is 3.23. The van der Waals surface area contributed by atoms with E-state index in [1.165, 1.54) is 16.4 Å². The van der Waals surface area contributed by atoms with Gasteiger partial charge in [0.25, 0.3) is 0 Å². The smallest absolute Gasteiger partial charge is 0.131 e. The van der Waals surface area contributed by atoms with Gasteiger partial charge in [-0.1, -0.05) is 0 Å². The molecule has 1 N–H and O–H groups in total. The standard InChI is InChI=1S/C9H12N4S/c1-10-8(7-3-4-12-14-7)9-11-5-6-13(9)2/h3-6,8,10H,1-2H3. The zero-order valence-electron chi connectivity index (χ0n) is 8.14. The van der Waals surface area contributed by atoms with E-state index in [2.05, 4.69) is 14.7 Å². The van der Waals surface area contributed by atoms with Crippen LogP contribution >= 0.6 is 11.5 Å². The van der Waals surface area contributed by atoms with Crippen molar-refractivity contribution in [2.45, 2.75) is 6.04 Å². The first-order chi connectivity index (χ1) is 6.83. The van der Waals surface area contributed by atoms with Crippen molar-refractivity contribution in [2.75, 3.05) is 7.05 Å². The largest absolute Gasteiger partial charge is 0.336 e. The monoisotopic (exact) mass is 208 g/mol. The maximum atomic E-state index is 4.32. The minimum Gasteiger partial charge on any atom is -0.336 e. The van der Waals surface area contributed by atoms with Crippen LogP contribution in [-0.2, 0) is 7.05 Å². The van der Waals surface area contributed by atoms with Crippen LogP contribution in [0.2, 0.25) is 0 Å². The zero-order valence-corrected chi connectivity index (χ0v) is 8.95. The highest BCUT2D eigenvalue weighted by Gasteiger charge is 2.17. The molecule has 14 heavy (non-hydrogen) atoms. The van der Waals surface area contributed by atoms with E-state index in [4.69, 9.17) is 0 Å². The van der Waals surface area contributed by atoms with Crippen molar-refractivity contribution in [1.82, 2.24) is 19.2 Å². The number of aromatic nitrogens is 3. The fourth-order valence-corrected chi connectivity index (χ4v) is 2.12.